The summed E-state index contributed by atoms with van der Waals surface area (Å²) in [6.07, 6.45) is 0. The molecule has 0 aliphatic carbocycles. The molecule has 1 amide bonds. The molecular weight excluding hydrogens is 178 g/mol. The summed E-state index contributed by atoms with van der Waals surface area (Å²) in [4.78, 5) is 32.4. The second kappa shape index (κ2) is 3.65. The summed E-state index contributed by atoms with van der Waals surface area (Å²) in [6, 6.07) is 0. The van der Waals surface area contributed by atoms with Crippen LogP contribution in [0.1, 0.15) is 6.92 Å². The number of ether oxygens (including phenoxy) is 1. The highest BCUT2D eigenvalue weighted by Gasteiger charge is 2.30. The number of rotatable bonds is 2. The monoisotopic (exact) mass is 183 g/mol. The van der Waals surface area contributed by atoms with Crippen LogP contribution in [0.5, 0.6) is 0 Å². The fourth-order valence-electron chi connectivity index (χ4n) is 0.633. The molecule has 0 bridgehead atoms. The Morgan fingerprint density at radius 2 is 2.15 bits per heavy atom. The van der Waals surface area contributed by atoms with Crippen molar-refractivity contribution in [3.8, 4) is 0 Å². The van der Waals surface area contributed by atoms with Crippen LogP contribution in [0, 0.1) is 0 Å². The van der Waals surface area contributed by atoms with Gasteiger partial charge in [-0.05, 0) is 12.1 Å². The van der Waals surface area contributed by atoms with Crippen molar-refractivity contribution in [1.29, 1.82) is 0 Å². The van der Waals surface area contributed by atoms with Crippen LogP contribution in [0.4, 0.5) is 0 Å². The van der Waals surface area contributed by atoms with E-state index in [0.717, 1.165) is 0 Å². The van der Waals surface area contributed by atoms with Crippen molar-refractivity contribution < 1.29 is 19.1 Å². The van der Waals surface area contributed by atoms with E-state index in [1.807, 2.05) is 0 Å². The van der Waals surface area contributed by atoms with Crippen LogP contribution in [0.3, 0.4) is 0 Å². The Hall–Kier alpha value is -1.92. The standard InChI is InChI=1S/C6H5N3O4/c1-2-13-6(12)3-4(10)5(11)8-9-7-3/h2H2,1H3. The number of esters is 1. The number of carbonyl (C=O) groups is 3. The molecule has 7 nitrogen and oxygen atoms in total. The van der Waals surface area contributed by atoms with Gasteiger partial charge in [0.15, 0.2) is 0 Å². The molecule has 1 aliphatic heterocycles. The lowest BCUT2D eigenvalue weighted by Gasteiger charge is -2.02. The molecule has 1 heterocycles. The van der Waals surface area contributed by atoms with Gasteiger partial charge in [0, 0.05) is 0 Å². The van der Waals surface area contributed by atoms with Gasteiger partial charge in [0.2, 0.25) is 5.71 Å². The highest BCUT2D eigenvalue weighted by atomic mass is 16.5. The average molecular weight is 183 g/mol. The molecule has 1 aliphatic rings. The molecule has 0 radical (unpaired) electrons. The summed E-state index contributed by atoms with van der Waals surface area (Å²) in [6.45, 7) is 1.66. The lowest BCUT2D eigenvalue weighted by atomic mass is 10.2. The fraction of sp³-hybridized carbons (Fsp3) is 0.333. The molecule has 0 aromatic heterocycles. The summed E-state index contributed by atoms with van der Waals surface area (Å²) in [5.74, 6) is -3.16. The van der Waals surface area contributed by atoms with Crippen molar-refractivity contribution >= 4 is 23.4 Å². The Morgan fingerprint density at radius 3 is 2.77 bits per heavy atom. The van der Waals surface area contributed by atoms with Crippen LogP contribution in [0.15, 0.2) is 15.4 Å². The molecule has 7 heteroatoms. The van der Waals surface area contributed by atoms with Crippen molar-refractivity contribution in [2.24, 2.45) is 15.4 Å². The van der Waals surface area contributed by atoms with Crippen LogP contribution in [0.25, 0.3) is 0 Å². The topological polar surface area (TPSA) is 97.5 Å². The summed E-state index contributed by atoms with van der Waals surface area (Å²) in [7, 11) is 0. The molecule has 0 spiro atoms. The van der Waals surface area contributed by atoms with Crippen LogP contribution in [-0.2, 0) is 19.1 Å². The van der Waals surface area contributed by atoms with Gasteiger partial charge in [0.1, 0.15) is 0 Å². The molecule has 0 unspecified atom stereocenters. The highest BCUT2D eigenvalue weighted by Crippen LogP contribution is 1.98. The fourth-order valence-corrected chi connectivity index (χ4v) is 0.633. The quantitative estimate of drug-likeness (QED) is 0.424. The minimum Gasteiger partial charge on any atom is -0.461 e. The van der Waals surface area contributed by atoms with Crippen LogP contribution in [-0.4, -0.2) is 30.0 Å². The van der Waals surface area contributed by atoms with Crippen LogP contribution >= 0.6 is 0 Å². The van der Waals surface area contributed by atoms with E-state index in [1.165, 1.54) is 0 Å². The van der Waals surface area contributed by atoms with Gasteiger partial charge < -0.3 is 4.74 Å². The molecule has 0 saturated heterocycles. The zero-order chi connectivity index (χ0) is 9.84. The van der Waals surface area contributed by atoms with Crippen LogP contribution < -0.4 is 0 Å². The molecule has 0 aromatic rings. The van der Waals surface area contributed by atoms with Gasteiger partial charge in [-0.15, -0.1) is 5.10 Å². The van der Waals surface area contributed by atoms with Crippen molar-refractivity contribution in [3.05, 3.63) is 0 Å². The number of hydrogen-bond acceptors (Lipinski definition) is 6. The van der Waals surface area contributed by atoms with E-state index >= 15 is 0 Å². The third kappa shape index (κ3) is 1.81. The number of Topliss-reactive ketones (excluding diaryl/α,β-unsaturated/α-hetero) is 1. The summed E-state index contributed by atoms with van der Waals surface area (Å²) >= 11 is 0. The third-order valence-electron chi connectivity index (χ3n) is 1.16. The second-order valence-corrected chi connectivity index (χ2v) is 1.99. The van der Waals surface area contributed by atoms with Gasteiger partial charge in [0.25, 0.3) is 5.78 Å². The number of nitrogens with zero attached hydrogens (tertiary/aromatic N) is 3. The molecule has 68 valence electrons. The minimum atomic E-state index is -1.11. The predicted molar refractivity (Wildman–Crippen MR) is 38.9 cm³/mol. The summed E-state index contributed by atoms with van der Waals surface area (Å²) < 4.78 is 4.46. The third-order valence-corrected chi connectivity index (χ3v) is 1.16. The second-order valence-electron chi connectivity index (χ2n) is 1.99. The van der Waals surface area contributed by atoms with Crippen molar-refractivity contribution in [2.45, 2.75) is 6.92 Å². The molecule has 0 N–H and O–H groups in total. The molecule has 0 saturated carbocycles. The Kier molecular flexibility index (Phi) is 2.58. The number of carbonyl (C=O) groups excluding carboxylic acids is 3. The van der Waals surface area contributed by atoms with Crippen molar-refractivity contribution in [2.75, 3.05) is 6.61 Å². The maximum absolute atomic E-state index is 10.9. The summed E-state index contributed by atoms with van der Waals surface area (Å²) in [5.41, 5.74) is -0.623. The smallest absolute Gasteiger partial charge is 0.363 e. The van der Waals surface area contributed by atoms with Crippen molar-refractivity contribution in [1.82, 2.24) is 0 Å². The predicted octanol–water partition coefficient (Wildman–Crippen LogP) is -0.533. The van der Waals surface area contributed by atoms with E-state index in [0.29, 0.717) is 0 Å². The summed E-state index contributed by atoms with van der Waals surface area (Å²) in [5, 5.41) is 8.89. The van der Waals surface area contributed by atoms with E-state index in [2.05, 4.69) is 20.2 Å². The zero-order valence-electron chi connectivity index (χ0n) is 6.68. The number of ketones is 1. The first-order valence-corrected chi connectivity index (χ1v) is 3.41. The Bertz CT molecular complexity index is 331. The van der Waals surface area contributed by atoms with Gasteiger partial charge in [-0.25, -0.2) is 4.79 Å². The Balaban J connectivity index is 2.85. The Labute approximate surface area is 72.5 Å². The average Bonchev–Trinajstić information content (AvgIpc) is 2.10. The first kappa shape index (κ1) is 9.17. The lowest BCUT2D eigenvalue weighted by Crippen LogP contribution is -2.32. The molecule has 0 fully saturated rings. The maximum Gasteiger partial charge on any atom is 0.363 e. The maximum atomic E-state index is 10.9. The largest absolute Gasteiger partial charge is 0.461 e. The van der Waals surface area contributed by atoms with Crippen molar-refractivity contribution in [3.63, 3.8) is 0 Å². The van der Waals surface area contributed by atoms with Gasteiger partial charge in [0.05, 0.1) is 6.61 Å². The molecular formula is C6H5N3O4. The van der Waals surface area contributed by atoms with Gasteiger partial charge in [-0.1, -0.05) is 5.11 Å². The molecule has 0 aromatic carbocycles. The first-order valence-electron chi connectivity index (χ1n) is 3.41. The van der Waals surface area contributed by atoms with Gasteiger partial charge >= 0.3 is 11.9 Å². The van der Waals surface area contributed by atoms with E-state index in [-0.39, 0.29) is 6.61 Å². The SMILES string of the molecule is CCOC(=O)C1=NN=NC(=O)C1=O. The van der Waals surface area contributed by atoms with E-state index in [4.69, 9.17) is 0 Å². The molecule has 1 rings (SSSR count). The number of amides is 1. The van der Waals surface area contributed by atoms with Gasteiger partial charge in [-0.3, -0.25) is 9.59 Å². The van der Waals surface area contributed by atoms with Crippen LogP contribution in [0.2, 0.25) is 0 Å². The normalized spacial score (nSPS) is 15.6. The first-order chi connectivity index (χ1) is 6.16. The number of hydrogen-bond donors (Lipinski definition) is 0. The van der Waals surface area contributed by atoms with E-state index in [9.17, 15) is 14.4 Å². The zero-order valence-corrected chi connectivity index (χ0v) is 6.68. The highest BCUT2D eigenvalue weighted by molar-refractivity contribution is 6.78. The lowest BCUT2D eigenvalue weighted by molar-refractivity contribution is -0.138. The van der Waals surface area contributed by atoms with Gasteiger partial charge in [-0.2, -0.15) is 0 Å². The minimum absolute atomic E-state index is 0.0937. The molecule has 13 heavy (non-hydrogen) atoms. The van der Waals surface area contributed by atoms with E-state index in [1.54, 1.807) is 6.92 Å². The Morgan fingerprint density at radius 1 is 1.46 bits per heavy atom. The molecule has 0 atom stereocenters. The van der Waals surface area contributed by atoms with E-state index < -0.39 is 23.4 Å².